The Labute approximate surface area is 122 Å². The third-order valence-electron chi connectivity index (χ3n) is 3.24. The largest absolute Gasteiger partial charge is 0.481 e. The van der Waals surface area contributed by atoms with Gasteiger partial charge in [0.05, 0.1) is 6.42 Å². The number of nitrogens with zero attached hydrogens (tertiary/aromatic N) is 1. The van der Waals surface area contributed by atoms with Gasteiger partial charge in [0.15, 0.2) is 0 Å². The number of carbonyl (C=O) groups excluding carboxylic acids is 1. The molecule has 0 radical (unpaired) electrons. The van der Waals surface area contributed by atoms with Gasteiger partial charge in [0.1, 0.15) is 0 Å². The van der Waals surface area contributed by atoms with Gasteiger partial charge in [-0.15, -0.1) is 0 Å². The van der Waals surface area contributed by atoms with Gasteiger partial charge in [-0.05, 0) is 32.6 Å². The molecule has 0 aromatic rings. The Morgan fingerprint density at radius 1 is 1.20 bits per heavy atom. The molecule has 0 saturated carbocycles. The summed E-state index contributed by atoms with van der Waals surface area (Å²) in [5, 5.41) is 11.7. The summed E-state index contributed by atoms with van der Waals surface area (Å²) >= 11 is 0. The third kappa shape index (κ3) is 6.78. The second-order valence-electron chi connectivity index (χ2n) is 6.40. The summed E-state index contributed by atoms with van der Waals surface area (Å²) in [5.41, 5.74) is -0.746. The average molecular weight is 286 g/mol. The molecule has 20 heavy (non-hydrogen) atoms. The number of nitrogens with one attached hydrogen (secondary N) is 1. The maximum atomic E-state index is 12.5. The van der Waals surface area contributed by atoms with Crippen molar-refractivity contribution in [3.05, 3.63) is 0 Å². The maximum absolute atomic E-state index is 12.5. The zero-order chi connectivity index (χ0) is 15.9. The summed E-state index contributed by atoms with van der Waals surface area (Å²) in [6, 6.07) is 0.0247. The van der Waals surface area contributed by atoms with Gasteiger partial charge in [0.25, 0.3) is 0 Å². The molecular weight excluding hydrogens is 256 g/mol. The van der Waals surface area contributed by atoms with Crippen LogP contribution >= 0.6 is 0 Å². The number of hydrogen-bond acceptors (Lipinski definition) is 2. The van der Waals surface area contributed by atoms with Crippen molar-refractivity contribution in [1.82, 2.24) is 10.2 Å². The van der Waals surface area contributed by atoms with Crippen LogP contribution in [0.4, 0.5) is 4.79 Å². The van der Waals surface area contributed by atoms with Gasteiger partial charge in [-0.2, -0.15) is 0 Å². The van der Waals surface area contributed by atoms with Crippen molar-refractivity contribution >= 4 is 12.0 Å². The lowest BCUT2D eigenvalue weighted by molar-refractivity contribution is -0.138. The van der Waals surface area contributed by atoms with Crippen LogP contribution in [0.3, 0.4) is 0 Å². The lowest BCUT2D eigenvalue weighted by atomic mass is 10.0. The van der Waals surface area contributed by atoms with E-state index >= 15 is 0 Å². The maximum Gasteiger partial charge on any atom is 0.318 e. The van der Waals surface area contributed by atoms with E-state index in [1.165, 1.54) is 0 Å². The van der Waals surface area contributed by atoms with Gasteiger partial charge in [0, 0.05) is 18.1 Å². The Morgan fingerprint density at radius 3 is 2.05 bits per heavy atom. The molecule has 0 aliphatic heterocycles. The van der Waals surface area contributed by atoms with E-state index in [0.29, 0.717) is 12.5 Å². The number of urea groups is 1. The summed E-state index contributed by atoms with van der Waals surface area (Å²) in [4.78, 5) is 25.1. The van der Waals surface area contributed by atoms with Crippen LogP contribution in [-0.2, 0) is 4.79 Å². The van der Waals surface area contributed by atoms with Crippen LogP contribution in [-0.4, -0.2) is 40.1 Å². The van der Waals surface area contributed by atoms with E-state index in [1.807, 2.05) is 4.90 Å². The van der Waals surface area contributed by atoms with Crippen molar-refractivity contribution in [2.24, 2.45) is 5.92 Å². The fourth-order valence-electron chi connectivity index (χ4n) is 2.30. The number of carboxylic acid groups (broad SMARTS) is 1. The fraction of sp³-hybridized carbons (Fsp3) is 0.867. The molecular formula is C15H30N2O3. The van der Waals surface area contributed by atoms with Crippen molar-refractivity contribution in [2.75, 3.05) is 6.54 Å². The molecule has 0 atom stereocenters. The molecule has 0 aromatic carbocycles. The normalized spacial score (nSPS) is 11.8. The van der Waals surface area contributed by atoms with Crippen LogP contribution in [0.1, 0.15) is 60.8 Å². The predicted octanol–water partition coefficient (Wildman–Crippen LogP) is 3.10. The van der Waals surface area contributed by atoms with Crippen molar-refractivity contribution < 1.29 is 14.7 Å². The van der Waals surface area contributed by atoms with Gasteiger partial charge in [-0.25, -0.2) is 4.79 Å². The first kappa shape index (κ1) is 18.7. The van der Waals surface area contributed by atoms with Crippen molar-refractivity contribution in [3.63, 3.8) is 0 Å². The van der Waals surface area contributed by atoms with E-state index in [9.17, 15) is 9.59 Å². The Kier molecular flexibility index (Phi) is 7.61. The highest BCUT2D eigenvalue weighted by Crippen LogP contribution is 2.15. The highest BCUT2D eigenvalue weighted by atomic mass is 16.4. The van der Waals surface area contributed by atoms with Gasteiger partial charge in [-0.3, -0.25) is 4.79 Å². The molecule has 5 nitrogen and oxygen atoms in total. The number of carboxylic acids is 1. The zero-order valence-corrected chi connectivity index (χ0v) is 13.7. The molecule has 2 amide bonds. The summed E-state index contributed by atoms with van der Waals surface area (Å²) in [6.45, 7) is 12.4. The summed E-state index contributed by atoms with van der Waals surface area (Å²) in [6.07, 6.45) is 1.71. The zero-order valence-electron chi connectivity index (χ0n) is 13.7. The second kappa shape index (κ2) is 8.12. The fourth-order valence-corrected chi connectivity index (χ4v) is 2.30. The minimum Gasteiger partial charge on any atom is -0.481 e. The minimum atomic E-state index is -0.909. The number of carbonyl (C=O) groups is 2. The van der Waals surface area contributed by atoms with Gasteiger partial charge < -0.3 is 15.3 Å². The van der Waals surface area contributed by atoms with Crippen LogP contribution in [0.2, 0.25) is 0 Å². The molecule has 2 N–H and O–H groups in total. The molecule has 0 aliphatic rings. The molecule has 0 aliphatic carbocycles. The second-order valence-corrected chi connectivity index (χ2v) is 6.40. The molecule has 5 heteroatoms. The lowest BCUT2D eigenvalue weighted by Crippen LogP contribution is -2.54. The average Bonchev–Trinajstić information content (AvgIpc) is 2.25. The molecule has 0 unspecified atom stereocenters. The number of hydrogen-bond donors (Lipinski definition) is 2. The lowest BCUT2D eigenvalue weighted by Gasteiger charge is -2.35. The number of aliphatic carboxylic acids is 1. The summed E-state index contributed by atoms with van der Waals surface area (Å²) in [7, 11) is 0. The van der Waals surface area contributed by atoms with Crippen LogP contribution in [0.25, 0.3) is 0 Å². The molecule has 0 aromatic heterocycles. The highest BCUT2D eigenvalue weighted by molar-refractivity contribution is 5.77. The van der Waals surface area contributed by atoms with Gasteiger partial charge in [-0.1, -0.05) is 27.7 Å². The Morgan fingerprint density at radius 2 is 1.70 bits per heavy atom. The van der Waals surface area contributed by atoms with E-state index in [2.05, 4.69) is 33.0 Å². The SMILES string of the molecule is CCC(CC)N(CC(C)C)C(=O)NC(C)(C)CC(=O)O. The molecule has 0 heterocycles. The van der Waals surface area contributed by atoms with E-state index in [0.717, 1.165) is 12.8 Å². The van der Waals surface area contributed by atoms with E-state index in [-0.39, 0.29) is 18.5 Å². The Bertz CT molecular complexity index is 323. The first-order valence-corrected chi connectivity index (χ1v) is 7.43. The summed E-state index contributed by atoms with van der Waals surface area (Å²) < 4.78 is 0. The molecule has 118 valence electrons. The first-order chi connectivity index (χ1) is 9.12. The van der Waals surface area contributed by atoms with Gasteiger partial charge in [0.2, 0.25) is 0 Å². The van der Waals surface area contributed by atoms with E-state index in [1.54, 1.807) is 13.8 Å². The smallest absolute Gasteiger partial charge is 0.318 e. The number of amides is 2. The van der Waals surface area contributed by atoms with Crippen molar-refractivity contribution in [2.45, 2.75) is 72.4 Å². The molecule has 0 spiro atoms. The third-order valence-corrected chi connectivity index (χ3v) is 3.24. The monoisotopic (exact) mass is 286 g/mol. The quantitative estimate of drug-likeness (QED) is 0.720. The standard InChI is InChI=1S/C15H30N2O3/c1-7-12(8-2)17(10-11(3)4)14(20)16-15(5,6)9-13(18)19/h11-12H,7-10H2,1-6H3,(H,16,20)(H,18,19). The topological polar surface area (TPSA) is 69.6 Å². The molecule has 0 rings (SSSR count). The van der Waals surface area contributed by atoms with Gasteiger partial charge >= 0.3 is 12.0 Å². The molecule has 0 fully saturated rings. The molecule has 0 bridgehead atoms. The van der Waals surface area contributed by atoms with Crippen LogP contribution in [0.15, 0.2) is 0 Å². The number of rotatable bonds is 8. The van der Waals surface area contributed by atoms with E-state index < -0.39 is 11.5 Å². The predicted molar refractivity (Wildman–Crippen MR) is 80.8 cm³/mol. The summed E-state index contributed by atoms with van der Waals surface area (Å²) in [5.74, 6) is -0.530. The van der Waals surface area contributed by atoms with Crippen molar-refractivity contribution in [3.8, 4) is 0 Å². The molecule has 0 saturated heterocycles. The van der Waals surface area contributed by atoms with E-state index in [4.69, 9.17) is 5.11 Å². The van der Waals surface area contributed by atoms with Crippen molar-refractivity contribution in [1.29, 1.82) is 0 Å². The Balaban J connectivity index is 4.90. The minimum absolute atomic E-state index is 0.0861. The highest BCUT2D eigenvalue weighted by Gasteiger charge is 2.29. The Hall–Kier alpha value is -1.26. The van der Waals surface area contributed by atoms with Crippen LogP contribution < -0.4 is 5.32 Å². The van der Waals surface area contributed by atoms with Crippen LogP contribution in [0.5, 0.6) is 0 Å². The first-order valence-electron chi connectivity index (χ1n) is 7.43. The van der Waals surface area contributed by atoms with Crippen LogP contribution in [0, 0.1) is 5.92 Å².